The molecule has 0 unspecified atom stereocenters. The monoisotopic (exact) mass is 159 g/mol. The standard InChI is InChI=1S/C8H17NO2/c1-4-7-9(5-2,6-3)8(10)11/h4-7H2,1-3H3. The van der Waals surface area contributed by atoms with Gasteiger partial charge in [0, 0.05) is 0 Å². The normalized spacial score (nSPS) is 11.5. The van der Waals surface area contributed by atoms with Crippen LogP contribution in [0.25, 0.3) is 0 Å². The first-order valence-corrected chi connectivity index (χ1v) is 4.20. The van der Waals surface area contributed by atoms with Crippen LogP contribution in [0.3, 0.4) is 0 Å². The SMILES string of the molecule is CCC[N+](CC)(CC)C(=O)[O-]. The van der Waals surface area contributed by atoms with Gasteiger partial charge in [0.15, 0.2) is 0 Å². The highest BCUT2D eigenvalue weighted by molar-refractivity contribution is 5.53. The van der Waals surface area contributed by atoms with E-state index in [2.05, 4.69) is 0 Å². The van der Waals surface area contributed by atoms with Crippen LogP contribution < -0.4 is 5.11 Å². The third-order valence-electron chi connectivity index (χ3n) is 2.25. The van der Waals surface area contributed by atoms with Gasteiger partial charge in [-0.05, 0) is 20.3 Å². The molecule has 0 heterocycles. The number of amides is 1. The fraction of sp³-hybridized carbons (Fsp3) is 0.875. The fourth-order valence-electron chi connectivity index (χ4n) is 1.32. The van der Waals surface area contributed by atoms with E-state index < -0.39 is 6.09 Å². The van der Waals surface area contributed by atoms with Crippen LogP contribution in [0.5, 0.6) is 0 Å². The van der Waals surface area contributed by atoms with E-state index in [9.17, 15) is 9.90 Å². The molecule has 66 valence electrons. The maximum Gasteiger partial charge on any atom is 0.257 e. The van der Waals surface area contributed by atoms with Crippen molar-refractivity contribution in [3.8, 4) is 0 Å². The second-order valence-corrected chi connectivity index (χ2v) is 2.77. The minimum absolute atomic E-state index is 0.0938. The van der Waals surface area contributed by atoms with Gasteiger partial charge >= 0.3 is 0 Å². The van der Waals surface area contributed by atoms with E-state index in [1.807, 2.05) is 20.8 Å². The summed E-state index contributed by atoms with van der Waals surface area (Å²) in [5.74, 6) is 0. The molecule has 11 heavy (non-hydrogen) atoms. The first-order valence-electron chi connectivity index (χ1n) is 4.20. The second-order valence-electron chi connectivity index (χ2n) is 2.77. The molecule has 0 spiro atoms. The Morgan fingerprint density at radius 3 is 1.82 bits per heavy atom. The predicted octanol–water partition coefficient (Wildman–Crippen LogP) is 0.596. The van der Waals surface area contributed by atoms with Crippen molar-refractivity contribution in [3.63, 3.8) is 0 Å². The van der Waals surface area contributed by atoms with E-state index in [0.717, 1.165) is 6.42 Å². The number of carboxylic acid groups (broad SMARTS) is 1. The summed E-state index contributed by atoms with van der Waals surface area (Å²) in [7, 11) is 0. The largest absolute Gasteiger partial charge is 0.498 e. The van der Waals surface area contributed by atoms with Crippen molar-refractivity contribution in [2.45, 2.75) is 27.2 Å². The molecule has 0 bridgehead atoms. The van der Waals surface area contributed by atoms with Crippen molar-refractivity contribution in [2.24, 2.45) is 0 Å². The molecule has 0 aromatic heterocycles. The van der Waals surface area contributed by atoms with E-state index >= 15 is 0 Å². The Balaban J connectivity index is 4.32. The number of hydrogen-bond donors (Lipinski definition) is 0. The zero-order chi connectivity index (χ0) is 8.91. The highest BCUT2D eigenvalue weighted by Gasteiger charge is 2.24. The van der Waals surface area contributed by atoms with Gasteiger partial charge in [0.1, 0.15) is 0 Å². The lowest BCUT2D eigenvalue weighted by molar-refractivity contribution is -0.872. The van der Waals surface area contributed by atoms with Crippen LogP contribution in [0.4, 0.5) is 4.79 Å². The lowest BCUT2D eigenvalue weighted by atomic mass is 10.3. The smallest absolute Gasteiger partial charge is 0.257 e. The molecule has 3 heteroatoms. The van der Waals surface area contributed by atoms with Crippen molar-refractivity contribution in [1.82, 2.24) is 0 Å². The summed E-state index contributed by atoms with van der Waals surface area (Å²) < 4.78 is 0.0938. The number of nitrogens with zero attached hydrogens (tertiary/aromatic N) is 1. The molecule has 0 rings (SSSR count). The van der Waals surface area contributed by atoms with Crippen molar-refractivity contribution in [2.75, 3.05) is 19.6 Å². The summed E-state index contributed by atoms with van der Waals surface area (Å²) >= 11 is 0. The maximum absolute atomic E-state index is 10.7. The summed E-state index contributed by atoms with van der Waals surface area (Å²) in [4.78, 5) is 10.7. The molecule has 0 radical (unpaired) electrons. The number of quaternary nitrogens is 1. The molecule has 0 aromatic rings. The van der Waals surface area contributed by atoms with Gasteiger partial charge < -0.3 is 9.90 Å². The van der Waals surface area contributed by atoms with Crippen LogP contribution in [0.1, 0.15) is 27.2 Å². The number of rotatable bonds is 4. The highest BCUT2D eigenvalue weighted by atomic mass is 16.4. The van der Waals surface area contributed by atoms with Crippen molar-refractivity contribution >= 4 is 6.09 Å². The van der Waals surface area contributed by atoms with Gasteiger partial charge in [-0.3, -0.25) is 4.48 Å². The van der Waals surface area contributed by atoms with Crippen molar-refractivity contribution in [3.05, 3.63) is 0 Å². The first kappa shape index (κ1) is 10.4. The van der Waals surface area contributed by atoms with Crippen LogP contribution in [0.15, 0.2) is 0 Å². The Morgan fingerprint density at radius 1 is 1.27 bits per heavy atom. The summed E-state index contributed by atoms with van der Waals surface area (Å²) in [6.07, 6.45) is -0.0628. The van der Waals surface area contributed by atoms with E-state index in [4.69, 9.17) is 0 Å². The number of hydrogen-bond acceptors (Lipinski definition) is 2. The average molecular weight is 159 g/mol. The molecule has 0 saturated carbocycles. The van der Waals surface area contributed by atoms with E-state index in [1.54, 1.807) is 0 Å². The predicted molar refractivity (Wildman–Crippen MR) is 41.9 cm³/mol. The number of carbonyl (C=O) groups is 1. The fourth-order valence-corrected chi connectivity index (χ4v) is 1.32. The molecule has 1 amide bonds. The number of carbonyl (C=O) groups excluding carboxylic acids is 1. The van der Waals surface area contributed by atoms with Gasteiger partial charge in [-0.15, -0.1) is 0 Å². The molecular formula is C8H17NO2. The zero-order valence-electron chi connectivity index (χ0n) is 7.59. The Labute approximate surface area is 68.2 Å². The summed E-state index contributed by atoms with van der Waals surface area (Å²) in [6.45, 7) is 7.67. The summed E-state index contributed by atoms with van der Waals surface area (Å²) in [6, 6.07) is 0. The van der Waals surface area contributed by atoms with Crippen molar-refractivity contribution < 1.29 is 14.4 Å². The lowest BCUT2D eigenvalue weighted by Gasteiger charge is -2.35. The minimum atomic E-state index is -0.947. The summed E-state index contributed by atoms with van der Waals surface area (Å²) in [5, 5.41) is 10.7. The minimum Gasteiger partial charge on any atom is -0.498 e. The van der Waals surface area contributed by atoms with E-state index in [1.165, 1.54) is 0 Å². The van der Waals surface area contributed by atoms with Crippen molar-refractivity contribution in [1.29, 1.82) is 0 Å². The highest BCUT2D eigenvalue weighted by Crippen LogP contribution is 2.06. The molecule has 0 atom stereocenters. The molecular weight excluding hydrogens is 142 g/mol. The maximum atomic E-state index is 10.7. The van der Waals surface area contributed by atoms with Gasteiger partial charge in [-0.25, -0.2) is 0 Å². The molecule has 0 saturated heterocycles. The summed E-state index contributed by atoms with van der Waals surface area (Å²) in [5.41, 5.74) is 0. The van der Waals surface area contributed by atoms with E-state index in [-0.39, 0.29) is 4.48 Å². The van der Waals surface area contributed by atoms with Gasteiger partial charge in [0.25, 0.3) is 6.09 Å². The molecule has 0 aromatic carbocycles. The Hall–Kier alpha value is -0.570. The zero-order valence-corrected chi connectivity index (χ0v) is 7.59. The molecule has 3 nitrogen and oxygen atoms in total. The van der Waals surface area contributed by atoms with Crippen LogP contribution in [-0.4, -0.2) is 30.2 Å². The Bertz CT molecular complexity index is 130. The van der Waals surface area contributed by atoms with Gasteiger partial charge in [0.2, 0.25) is 0 Å². The Morgan fingerprint density at radius 2 is 1.73 bits per heavy atom. The molecule has 0 aliphatic heterocycles. The molecule has 0 N–H and O–H groups in total. The first-order chi connectivity index (χ1) is 5.13. The molecule has 0 aliphatic rings. The third-order valence-corrected chi connectivity index (χ3v) is 2.25. The molecule has 0 aliphatic carbocycles. The van der Waals surface area contributed by atoms with E-state index in [0.29, 0.717) is 19.6 Å². The van der Waals surface area contributed by atoms with Gasteiger partial charge in [-0.1, -0.05) is 6.92 Å². The van der Waals surface area contributed by atoms with Crippen LogP contribution >= 0.6 is 0 Å². The average Bonchev–Trinajstić information content (AvgIpc) is 2.00. The van der Waals surface area contributed by atoms with Gasteiger partial charge in [0.05, 0.1) is 19.6 Å². The van der Waals surface area contributed by atoms with Crippen LogP contribution in [0.2, 0.25) is 0 Å². The lowest BCUT2D eigenvalue weighted by Crippen LogP contribution is -2.58. The Kier molecular flexibility index (Phi) is 4.11. The van der Waals surface area contributed by atoms with Crippen LogP contribution in [-0.2, 0) is 0 Å². The second kappa shape index (κ2) is 4.34. The third kappa shape index (κ3) is 2.19. The van der Waals surface area contributed by atoms with Crippen LogP contribution in [0, 0.1) is 0 Å². The molecule has 0 fully saturated rings. The van der Waals surface area contributed by atoms with Gasteiger partial charge in [-0.2, -0.15) is 0 Å². The quantitative estimate of drug-likeness (QED) is 0.563. The topological polar surface area (TPSA) is 40.1 Å².